The van der Waals surface area contributed by atoms with Crippen LogP contribution in [0.25, 0.3) is 0 Å². The minimum atomic E-state index is -0.971. The van der Waals surface area contributed by atoms with Gasteiger partial charge in [0.25, 0.3) is 0 Å². The van der Waals surface area contributed by atoms with E-state index >= 15 is 0 Å². The van der Waals surface area contributed by atoms with Gasteiger partial charge in [0.2, 0.25) is 0 Å². The lowest BCUT2D eigenvalue weighted by Gasteiger charge is -2.23. The molecule has 2 aromatic carbocycles. The Kier molecular flexibility index (Phi) is 6.95. The Morgan fingerprint density at radius 1 is 1.20 bits per heavy atom. The number of guanidine groups is 1. The molecule has 0 aliphatic carbocycles. The van der Waals surface area contributed by atoms with Crippen molar-refractivity contribution in [3.63, 3.8) is 0 Å². The van der Waals surface area contributed by atoms with Crippen molar-refractivity contribution in [1.29, 1.82) is 0 Å². The van der Waals surface area contributed by atoms with E-state index in [-0.39, 0.29) is 12.1 Å². The van der Waals surface area contributed by atoms with E-state index in [4.69, 9.17) is 0 Å². The Hall–Kier alpha value is -2.40. The predicted octanol–water partition coefficient (Wildman–Crippen LogP) is 3.27. The Balaban J connectivity index is 2.09. The second-order valence-electron chi connectivity index (χ2n) is 6.01. The molecule has 134 valence electrons. The Morgan fingerprint density at radius 3 is 2.56 bits per heavy atom. The molecule has 0 heterocycles. The van der Waals surface area contributed by atoms with E-state index in [1.807, 2.05) is 31.0 Å². The first-order valence-corrected chi connectivity index (χ1v) is 8.49. The first-order valence-electron chi connectivity index (χ1n) is 8.49. The summed E-state index contributed by atoms with van der Waals surface area (Å²) in [5, 5.41) is 13.5. The van der Waals surface area contributed by atoms with Crippen LogP contribution in [0.2, 0.25) is 0 Å². The second kappa shape index (κ2) is 9.18. The van der Waals surface area contributed by atoms with Crippen molar-refractivity contribution in [2.45, 2.75) is 26.5 Å². The van der Waals surface area contributed by atoms with Gasteiger partial charge in [-0.15, -0.1) is 0 Å². The van der Waals surface area contributed by atoms with E-state index in [0.717, 1.165) is 0 Å². The van der Waals surface area contributed by atoms with Crippen molar-refractivity contribution >= 4 is 5.96 Å². The fourth-order valence-corrected chi connectivity index (χ4v) is 2.60. The van der Waals surface area contributed by atoms with Gasteiger partial charge in [-0.2, -0.15) is 0 Å². The molecule has 5 heteroatoms. The number of aryl methyl sites for hydroxylation is 1. The van der Waals surface area contributed by atoms with Crippen LogP contribution in [0.3, 0.4) is 0 Å². The molecule has 1 atom stereocenters. The normalized spacial score (nSPS) is 12.8. The number of benzene rings is 2. The zero-order chi connectivity index (χ0) is 18.2. The molecule has 0 fully saturated rings. The van der Waals surface area contributed by atoms with Crippen molar-refractivity contribution in [3.8, 4) is 0 Å². The zero-order valence-electron chi connectivity index (χ0n) is 15.0. The number of aliphatic hydroxyl groups excluding tert-OH is 1. The first kappa shape index (κ1) is 18.9. The fourth-order valence-electron chi connectivity index (χ4n) is 2.60. The van der Waals surface area contributed by atoms with Crippen molar-refractivity contribution in [2.75, 3.05) is 20.1 Å². The molecule has 0 bridgehead atoms. The smallest absolute Gasteiger partial charge is 0.194 e. The summed E-state index contributed by atoms with van der Waals surface area (Å²) in [5.41, 5.74) is 2.70. The maximum absolute atomic E-state index is 13.8. The molecule has 2 rings (SSSR count). The summed E-state index contributed by atoms with van der Waals surface area (Å²) in [6.45, 7) is 5.59. The lowest BCUT2D eigenvalue weighted by Crippen LogP contribution is -2.39. The third-order valence-electron chi connectivity index (χ3n) is 4.04. The summed E-state index contributed by atoms with van der Waals surface area (Å²) < 4.78 is 13.8. The Bertz CT molecular complexity index is 718. The van der Waals surface area contributed by atoms with E-state index < -0.39 is 11.9 Å². The maximum atomic E-state index is 13.8. The molecule has 2 N–H and O–H groups in total. The van der Waals surface area contributed by atoms with Crippen molar-refractivity contribution in [1.82, 2.24) is 10.2 Å². The standard InChI is InChI=1S/C20H26FN3O/c1-4-22-20(24(3)14-16-10-6-5-9-15(16)2)23-13-19(25)17-11-7-8-12-18(17)21/h5-12,19,25H,4,13-14H2,1-3H3,(H,22,23). The number of aliphatic imine (C=N–C) groups is 1. The lowest BCUT2D eigenvalue weighted by molar-refractivity contribution is 0.181. The molecular weight excluding hydrogens is 317 g/mol. The average Bonchev–Trinajstić information content (AvgIpc) is 2.60. The third kappa shape index (κ3) is 5.29. The van der Waals surface area contributed by atoms with Crippen molar-refractivity contribution < 1.29 is 9.50 Å². The molecule has 0 aromatic heterocycles. The van der Waals surface area contributed by atoms with Gasteiger partial charge in [-0.3, -0.25) is 4.99 Å². The molecule has 0 spiro atoms. The molecule has 1 unspecified atom stereocenters. The number of hydrogen-bond acceptors (Lipinski definition) is 2. The highest BCUT2D eigenvalue weighted by Crippen LogP contribution is 2.17. The first-order chi connectivity index (χ1) is 12.0. The number of nitrogens with one attached hydrogen (secondary N) is 1. The van der Waals surface area contributed by atoms with Crippen LogP contribution < -0.4 is 5.32 Å². The van der Waals surface area contributed by atoms with Crippen molar-refractivity contribution in [3.05, 3.63) is 71.0 Å². The molecule has 0 radical (unpaired) electrons. The van der Waals surface area contributed by atoms with E-state index in [0.29, 0.717) is 19.0 Å². The number of hydrogen-bond donors (Lipinski definition) is 2. The number of nitrogens with zero attached hydrogens (tertiary/aromatic N) is 2. The van der Waals surface area contributed by atoms with E-state index in [2.05, 4.69) is 29.4 Å². The summed E-state index contributed by atoms with van der Waals surface area (Å²) in [6.07, 6.45) is -0.971. The van der Waals surface area contributed by atoms with Crippen LogP contribution in [0, 0.1) is 12.7 Å². The highest BCUT2D eigenvalue weighted by atomic mass is 19.1. The van der Waals surface area contributed by atoms with Crippen LogP contribution in [-0.2, 0) is 6.54 Å². The highest BCUT2D eigenvalue weighted by molar-refractivity contribution is 5.79. The fraction of sp³-hybridized carbons (Fsp3) is 0.350. The van der Waals surface area contributed by atoms with Crippen LogP contribution >= 0.6 is 0 Å². The van der Waals surface area contributed by atoms with Gasteiger partial charge in [0.1, 0.15) is 11.9 Å². The number of halogens is 1. The van der Waals surface area contributed by atoms with Gasteiger partial charge in [-0.1, -0.05) is 42.5 Å². The monoisotopic (exact) mass is 343 g/mol. The minimum Gasteiger partial charge on any atom is -0.386 e. The molecule has 0 aliphatic rings. The van der Waals surface area contributed by atoms with Gasteiger partial charge in [0, 0.05) is 25.7 Å². The largest absolute Gasteiger partial charge is 0.386 e. The maximum Gasteiger partial charge on any atom is 0.194 e. The molecule has 2 aromatic rings. The van der Waals surface area contributed by atoms with Crippen LogP contribution in [0.1, 0.15) is 29.7 Å². The zero-order valence-corrected chi connectivity index (χ0v) is 15.0. The van der Waals surface area contributed by atoms with Gasteiger partial charge in [0.05, 0.1) is 6.54 Å². The molecule has 0 saturated heterocycles. The molecule has 0 amide bonds. The summed E-state index contributed by atoms with van der Waals surface area (Å²) in [6, 6.07) is 14.4. The van der Waals surface area contributed by atoms with Crippen LogP contribution in [0.15, 0.2) is 53.5 Å². The highest BCUT2D eigenvalue weighted by Gasteiger charge is 2.13. The molecule has 4 nitrogen and oxygen atoms in total. The van der Waals surface area contributed by atoms with E-state index in [1.54, 1.807) is 18.2 Å². The van der Waals surface area contributed by atoms with Gasteiger partial charge < -0.3 is 15.3 Å². The van der Waals surface area contributed by atoms with Gasteiger partial charge in [-0.25, -0.2) is 4.39 Å². The van der Waals surface area contributed by atoms with Crippen LogP contribution in [-0.4, -0.2) is 36.1 Å². The van der Waals surface area contributed by atoms with Crippen LogP contribution in [0.4, 0.5) is 4.39 Å². The SMILES string of the molecule is CCNC(=NCC(O)c1ccccc1F)N(C)Cc1ccccc1C. The summed E-state index contributed by atoms with van der Waals surface area (Å²) in [5.74, 6) is 0.268. The summed E-state index contributed by atoms with van der Waals surface area (Å²) in [4.78, 5) is 6.47. The van der Waals surface area contributed by atoms with E-state index in [1.165, 1.54) is 17.2 Å². The second-order valence-corrected chi connectivity index (χ2v) is 6.01. The number of aliphatic hydroxyl groups is 1. The summed E-state index contributed by atoms with van der Waals surface area (Å²) in [7, 11) is 1.95. The molecule has 0 aliphatic heterocycles. The molecule has 25 heavy (non-hydrogen) atoms. The minimum absolute atomic E-state index is 0.0986. The van der Waals surface area contributed by atoms with Crippen LogP contribution in [0.5, 0.6) is 0 Å². The predicted molar refractivity (Wildman–Crippen MR) is 100.0 cm³/mol. The topological polar surface area (TPSA) is 47.9 Å². The number of rotatable bonds is 6. The van der Waals surface area contributed by atoms with Gasteiger partial charge in [-0.05, 0) is 31.0 Å². The third-order valence-corrected chi connectivity index (χ3v) is 4.04. The average molecular weight is 343 g/mol. The Labute approximate surface area is 149 Å². The molecule has 0 saturated carbocycles. The lowest BCUT2D eigenvalue weighted by atomic mass is 10.1. The van der Waals surface area contributed by atoms with Gasteiger partial charge in [0.15, 0.2) is 5.96 Å². The van der Waals surface area contributed by atoms with Crippen molar-refractivity contribution in [2.24, 2.45) is 4.99 Å². The van der Waals surface area contributed by atoms with E-state index in [9.17, 15) is 9.50 Å². The van der Waals surface area contributed by atoms with Gasteiger partial charge >= 0.3 is 0 Å². The summed E-state index contributed by atoms with van der Waals surface area (Å²) >= 11 is 0. The molecular formula is C20H26FN3O. The Morgan fingerprint density at radius 2 is 1.88 bits per heavy atom. The quantitative estimate of drug-likeness (QED) is 0.625.